The predicted molar refractivity (Wildman–Crippen MR) is 79.1 cm³/mol. The fraction of sp³-hybridized carbons (Fsp3) is 0.615. The Morgan fingerprint density at radius 2 is 2.24 bits per heavy atom. The van der Waals surface area contributed by atoms with E-state index < -0.39 is 9.05 Å². The first-order chi connectivity index (χ1) is 9.86. The first kappa shape index (κ1) is 16.3. The van der Waals surface area contributed by atoms with Gasteiger partial charge in [0, 0.05) is 43.6 Å². The zero-order chi connectivity index (χ0) is 15.6. The molecule has 1 fully saturated rings. The van der Waals surface area contributed by atoms with Gasteiger partial charge in [-0.2, -0.15) is 0 Å². The van der Waals surface area contributed by atoms with Crippen LogP contribution in [0.25, 0.3) is 0 Å². The van der Waals surface area contributed by atoms with Gasteiger partial charge < -0.3 is 14.2 Å². The summed E-state index contributed by atoms with van der Waals surface area (Å²) in [6, 6.07) is 1.34. The van der Waals surface area contributed by atoms with Crippen molar-refractivity contribution in [3.8, 4) is 0 Å². The van der Waals surface area contributed by atoms with Gasteiger partial charge in [0.15, 0.2) is 0 Å². The highest BCUT2D eigenvalue weighted by atomic mass is 35.7. The van der Waals surface area contributed by atoms with Gasteiger partial charge in [0.05, 0.1) is 6.10 Å². The molecule has 2 heterocycles. The number of rotatable bonds is 4. The molecular weight excluding hydrogens is 316 g/mol. The van der Waals surface area contributed by atoms with Crippen LogP contribution in [0.4, 0.5) is 0 Å². The standard InChI is InChI=1S/C13H19ClN2O4S/c1-3-15-9-11(21(14,18)19)7-12(15)13(17)16-6-4-5-10(8-16)20-2/h7,9-10H,3-6,8H2,1-2H3. The molecule has 0 bridgehead atoms. The van der Waals surface area contributed by atoms with Gasteiger partial charge in [0.2, 0.25) is 0 Å². The lowest BCUT2D eigenvalue weighted by atomic mass is 10.1. The number of hydrogen-bond acceptors (Lipinski definition) is 4. The average molecular weight is 335 g/mol. The highest BCUT2D eigenvalue weighted by Crippen LogP contribution is 2.21. The Morgan fingerprint density at radius 3 is 2.81 bits per heavy atom. The number of nitrogens with zero attached hydrogens (tertiary/aromatic N) is 2. The van der Waals surface area contributed by atoms with Crippen LogP contribution in [0.15, 0.2) is 17.2 Å². The first-order valence-corrected chi connectivity index (χ1v) is 9.14. The highest BCUT2D eigenvalue weighted by molar-refractivity contribution is 8.13. The quantitative estimate of drug-likeness (QED) is 0.786. The number of carbonyl (C=O) groups excluding carboxylic acids is 1. The number of aryl methyl sites for hydroxylation is 1. The molecule has 118 valence electrons. The maximum absolute atomic E-state index is 12.6. The number of carbonyl (C=O) groups is 1. The van der Waals surface area contributed by atoms with Gasteiger partial charge in [0.25, 0.3) is 15.0 Å². The SMILES string of the molecule is CCn1cc(S(=O)(=O)Cl)cc1C(=O)N1CCCC(OC)C1. The van der Waals surface area contributed by atoms with E-state index in [0.717, 1.165) is 12.8 Å². The Labute approximate surface area is 129 Å². The lowest BCUT2D eigenvalue weighted by Crippen LogP contribution is -2.43. The topological polar surface area (TPSA) is 68.6 Å². The lowest BCUT2D eigenvalue weighted by Gasteiger charge is -2.32. The zero-order valence-corrected chi connectivity index (χ0v) is 13.7. The van der Waals surface area contributed by atoms with Crippen molar-refractivity contribution in [3.05, 3.63) is 18.0 Å². The van der Waals surface area contributed by atoms with Gasteiger partial charge in [0.1, 0.15) is 10.6 Å². The van der Waals surface area contributed by atoms with Crippen molar-refractivity contribution in [2.75, 3.05) is 20.2 Å². The maximum atomic E-state index is 12.6. The van der Waals surface area contributed by atoms with E-state index in [-0.39, 0.29) is 16.9 Å². The van der Waals surface area contributed by atoms with Gasteiger partial charge in [-0.1, -0.05) is 0 Å². The Hall–Kier alpha value is -1.05. The van der Waals surface area contributed by atoms with E-state index in [4.69, 9.17) is 15.4 Å². The number of aromatic nitrogens is 1. The third-order valence-electron chi connectivity index (χ3n) is 3.71. The summed E-state index contributed by atoms with van der Waals surface area (Å²) < 4.78 is 29.7. The van der Waals surface area contributed by atoms with Crippen LogP contribution in [-0.4, -0.2) is 50.1 Å². The second-order valence-corrected chi connectivity index (χ2v) is 7.60. The molecule has 1 unspecified atom stereocenters. The molecule has 0 radical (unpaired) electrons. The number of halogens is 1. The number of amides is 1. The smallest absolute Gasteiger partial charge is 0.270 e. The van der Waals surface area contributed by atoms with Crippen molar-refractivity contribution >= 4 is 25.6 Å². The molecule has 8 heteroatoms. The van der Waals surface area contributed by atoms with Gasteiger partial charge in [-0.3, -0.25) is 4.79 Å². The molecule has 1 amide bonds. The van der Waals surface area contributed by atoms with Gasteiger partial charge in [-0.15, -0.1) is 0 Å². The fourth-order valence-corrected chi connectivity index (χ4v) is 3.29. The van der Waals surface area contributed by atoms with Gasteiger partial charge >= 0.3 is 0 Å². The summed E-state index contributed by atoms with van der Waals surface area (Å²) in [5, 5.41) is 0. The molecule has 1 aliphatic heterocycles. The fourth-order valence-electron chi connectivity index (χ4n) is 2.53. The minimum absolute atomic E-state index is 0.0315. The average Bonchev–Trinajstić information content (AvgIpc) is 2.90. The van der Waals surface area contributed by atoms with E-state index in [0.29, 0.717) is 25.3 Å². The molecule has 1 atom stereocenters. The van der Waals surface area contributed by atoms with Crippen LogP contribution in [0.1, 0.15) is 30.3 Å². The molecule has 1 aromatic heterocycles. The van der Waals surface area contributed by atoms with Crippen LogP contribution in [0.3, 0.4) is 0 Å². The van der Waals surface area contributed by atoms with Crippen LogP contribution >= 0.6 is 10.7 Å². The van der Waals surface area contributed by atoms with Crippen molar-refractivity contribution in [1.82, 2.24) is 9.47 Å². The van der Waals surface area contributed by atoms with Crippen LogP contribution in [-0.2, 0) is 20.3 Å². The molecule has 0 spiro atoms. The molecule has 21 heavy (non-hydrogen) atoms. The molecule has 0 saturated carbocycles. The highest BCUT2D eigenvalue weighted by Gasteiger charge is 2.27. The Balaban J connectivity index is 2.28. The summed E-state index contributed by atoms with van der Waals surface area (Å²) in [6.45, 7) is 3.51. The van der Waals surface area contributed by atoms with E-state index in [1.807, 2.05) is 6.92 Å². The Kier molecular flexibility index (Phi) is 4.95. The first-order valence-electron chi connectivity index (χ1n) is 6.83. The predicted octanol–water partition coefficient (Wildman–Crippen LogP) is 1.69. The zero-order valence-electron chi connectivity index (χ0n) is 12.1. The van der Waals surface area contributed by atoms with Crippen molar-refractivity contribution in [3.63, 3.8) is 0 Å². The molecule has 0 N–H and O–H groups in total. The Morgan fingerprint density at radius 1 is 1.52 bits per heavy atom. The van der Waals surface area contributed by atoms with Crippen molar-refractivity contribution in [2.24, 2.45) is 0 Å². The van der Waals surface area contributed by atoms with Gasteiger partial charge in [-0.25, -0.2) is 8.42 Å². The number of likely N-dealkylation sites (tertiary alicyclic amines) is 1. The molecule has 1 saturated heterocycles. The molecule has 1 aromatic rings. The van der Waals surface area contributed by atoms with E-state index in [1.54, 1.807) is 16.6 Å². The van der Waals surface area contributed by atoms with Gasteiger partial charge in [-0.05, 0) is 25.8 Å². The summed E-state index contributed by atoms with van der Waals surface area (Å²) in [7, 11) is 3.14. The monoisotopic (exact) mass is 334 g/mol. The molecular formula is C13H19ClN2O4S. The van der Waals surface area contributed by atoms with E-state index >= 15 is 0 Å². The third-order valence-corrected chi connectivity index (χ3v) is 5.03. The second-order valence-electron chi connectivity index (χ2n) is 5.04. The number of piperidine rings is 1. The molecule has 0 aliphatic carbocycles. The minimum Gasteiger partial charge on any atom is -0.380 e. The molecule has 6 nitrogen and oxygen atoms in total. The van der Waals surface area contributed by atoms with Crippen LogP contribution in [0.5, 0.6) is 0 Å². The van der Waals surface area contributed by atoms with Crippen molar-refractivity contribution in [2.45, 2.75) is 37.3 Å². The van der Waals surface area contributed by atoms with Crippen molar-refractivity contribution < 1.29 is 17.9 Å². The maximum Gasteiger partial charge on any atom is 0.270 e. The van der Waals surface area contributed by atoms with Crippen molar-refractivity contribution in [1.29, 1.82) is 0 Å². The molecule has 0 aromatic carbocycles. The third kappa shape index (κ3) is 3.59. The summed E-state index contributed by atoms with van der Waals surface area (Å²) in [5.41, 5.74) is 0.341. The van der Waals surface area contributed by atoms with E-state index in [9.17, 15) is 13.2 Å². The minimum atomic E-state index is -3.84. The normalized spacial score (nSPS) is 19.8. The summed E-state index contributed by atoms with van der Waals surface area (Å²) in [4.78, 5) is 14.2. The second kappa shape index (κ2) is 6.37. The Bertz CT molecular complexity index is 626. The summed E-state index contributed by atoms with van der Waals surface area (Å²) >= 11 is 0. The number of methoxy groups -OCH3 is 1. The largest absolute Gasteiger partial charge is 0.380 e. The molecule has 1 aliphatic rings. The van der Waals surface area contributed by atoms with Crippen LogP contribution < -0.4 is 0 Å². The summed E-state index contributed by atoms with van der Waals surface area (Å²) in [5.74, 6) is -0.190. The summed E-state index contributed by atoms with van der Waals surface area (Å²) in [6.07, 6.45) is 3.23. The van der Waals surface area contributed by atoms with Crippen LogP contribution in [0, 0.1) is 0 Å². The lowest BCUT2D eigenvalue weighted by molar-refractivity contribution is 0.0263. The van der Waals surface area contributed by atoms with E-state index in [2.05, 4.69) is 0 Å². The number of hydrogen-bond donors (Lipinski definition) is 0. The number of ether oxygens (including phenoxy) is 1. The molecule has 2 rings (SSSR count). The van der Waals surface area contributed by atoms with E-state index in [1.165, 1.54) is 12.3 Å². The van der Waals surface area contributed by atoms with Crippen LogP contribution in [0.2, 0.25) is 0 Å².